The van der Waals surface area contributed by atoms with Crippen molar-refractivity contribution in [1.29, 1.82) is 0 Å². The van der Waals surface area contributed by atoms with Gasteiger partial charge in [-0.15, -0.1) is 0 Å². The van der Waals surface area contributed by atoms with Crippen molar-refractivity contribution >= 4 is 17.5 Å². The van der Waals surface area contributed by atoms with Crippen molar-refractivity contribution in [3.8, 4) is 0 Å². The maximum atomic E-state index is 11.9. The molecule has 0 aliphatic heterocycles. The number of carbonyl (C=O) groups excluding carboxylic acids is 1. The summed E-state index contributed by atoms with van der Waals surface area (Å²) in [5.41, 5.74) is 1.33. The normalized spacial score (nSPS) is 10.3. The average Bonchev–Trinajstić information content (AvgIpc) is 2.84. The molecular formula is C12H13ClN4O. The first-order chi connectivity index (χ1) is 8.70. The Hall–Kier alpha value is -1.88. The average molecular weight is 265 g/mol. The lowest BCUT2D eigenvalue weighted by molar-refractivity contribution is 0.0950. The van der Waals surface area contributed by atoms with Crippen LogP contribution in [0.1, 0.15) is 22.8 Å². The Morgan fingerprint density at radius 2 is 2.39 bits per heavy atom. The van der Waals surface area contributed by atoms with E-state index in [1.54, 1.807) is 29.2 Å². The van der Waals surface area contributed by atoms with Gasteiger partial charge in [-0.1, -0.05) is 11.6 Å². The van der Waals surface area contributed by atoms with Crippen LogP contribution in [0.5, 0.6) is 0 Å². The highest BCUT2D eigenvalue weighted by atomic mass is 35.5. The number of nitrogens with one attached hydrogen (secondary N) is 1. The molecule has 1 amide bonds. The second kappa shape index (κ2) is 5.64. The highest BCUT2D eigenvalue weighted by Gasteiger charge is 2.10. The quantitative estimate of drug-likeness (QED) is 0.858. The maximum absolute atomic E-state index is 11.9. The van der Waals surface area contributed by atoms with E-state index >= 15 is 0 Å². The van der Waals surface area contributed by atoms with Crippen LogP contribution in [0.15, 0.2) is 30.7 Å². The molecule has 0 unspecified atom stereocenters. The van der Waals surface area contributed by atoms with E-state index in [2.05, 4.69) is 15.4 Å². The number of aryl methyl sites for hydroxylation is 1. The Balaban J connectivity index is 1.98. The van der Waals surface area contributed by atoms with Crippen LogP contribution in [-0.4, -0.2) is 20.7 Å². The molecule has 0 aliphatic carbocycles. The Morgan fingerprint density at radius 1 is 1.56 bits per heavy atom. The third kappa shape index (κ3) is 2.87. The molecule has 6 heteroatoms. The number of hydrogen-bond acceptors (Lipinski definition) is 3. The molecule has 0 saturated heterocycles. The minimum atomic E-state index is -0.239. The van der Waals surface area contributed by atoms with Gasteiger partial charge in [0.1, 0.15) is 5.15 Å². The highest BCUT2D eigenvalue weighted by Crippen LogP contribution is 2.11. The SMILES string of the molecule is CCn1cc(CNC(=O)c2cccnc2Cl)cn1. The summed E-state index contributed by atoms with van der Waals surface area (Å²) in [5, 5.41) is 7.11. The molecule has 0 aromatic carbocycles. The molecule has 0 aliphatic rings. The summed E-state index contributed by atoms with van der Waals surface area (Å²) in [5.74, 6) is -0.239. The lowest BCUT2D eigenvalue weighted by atomic mass is 10.2. The number of aromatic nitrogens is 3. The van der Waals surface area contributed by atoms with Gasteiger partial charge in [-0.05, 0) is 19.1 Å². The first-order valence-electron chi connectivity index (χ1n) is 5.60. The van der Waals surface area contributed by atoms with Crippen LogP contribution in [0.4, 0.5) is 0 Å². The van der Waals surface area contributed by atoms with Crippen molar-refractivity contribution in [2.75, 3.05) is 0 Å². The minimum absolute atomic E-state index is 0.208. The predicted octanol–water partition coefficient (Wildman–Crippen LogP) is 1.88. The number of hydrogen-bond donors (Lipinski definition) is 1. The lowest BCUT2D eigenvalue weighted by Gasteiger charge is -2.04. The minimum Gasteiger partial charge on any atom is -0.348 e. The van der Waals surface area contributed by atoms with Crippen molar-refractivity contribution in [3.05, 3.63) is 47.0 Å². The molecule has 0 atom stereocenters. The summed E-state index contributed by atoms with van der Waals surface area (Å²) in [4.78, 5) is 15.7. The van der Waals surface area contributed by atoms with E-state index in [1.807, 2.05) is 13.1 Å². The fourth-order valence-electron chi connectivity index (χ4n) is 1.50. The van der Waals surface area contributed by atoms with Crippen LogP contribution >= 0.6 is 11.6 Å². The molecule has 2 aromatic heterocycles. The van der Waals surface area contributed by atoms with Crippen LogP contribution < -0.4 is 5.32 Å². The summed E-state index contributed by atoms with van der Waals surface area (Å²) < 4.78 is 1.80. The zero-order valence-electron chi connectivity index (χ0n) is 9.93. The van der Waals surface area contributed by atoms with Crippen molar-refractivity contribution in [3.63, 3.8) is 0 Å². The van der Waals surface area contributed by atoms with E-state index in [0.29, 0.717) is 12.1 Å². The Morgan fingerprint density at radius 3 is 3.06 bits per heavy atom. The first kappa shape index (κ1) is 12.6. The Kier molecular flexibility index (Phi) is 3.94. The van der Waals surface area contributed by atoms with Gasteiger partial charge in [0, 0.05) is 31.0 Å². The van der Waals surface area contributed by atoms with Crippen LogP contribution in [0.2, 0.25) is 5.15 Å². The third-order valence-electron chi connectivity index (χ3n) is 2.47. The molecule has 18 heavy (non-hydrogen) atoms. The van der Waals surface area contributed by atoms with Gasteiger partial charge in [0.05, 0.1) is 11.8 Å². The monoisotopic (exact) mass is 264 g/mol. The standard InChI is InChI=1S/C12H13ClN4O/c1-2-17-8-9(7-16-17)6-15-12(18)10-4-3-5-14-11(10)13/h3-5,7-8H,2,6H2,1H3,(H,15,18). The zero-order chi connectivity index (χ0) is 13.0. The van der Waals surface area contributed by atoms with Gasteiger partial charge in [0.25, 0.3) is 5.91 Å². The fourth-order valence-corrected chi connectivity index (χ4v) is 1.71. The van der Waals surface area contributed by atoms with Crippen LogP contribution in [0.3, 0.4) is 0 Å². The van der Waals surface area contributed by atoms with Crippen molar-refractivity contribution in [2.45, 2.75) is 20.0 Å². The van der Waals surface area contributed by atoms with E-state index in [0.717, 1.165) is 12.1 Å². The van der Waals surface area contributed by atoms with Gasteiger partial charge >= 0.3 is 0 Å². The number of halogens is 1. The molecule has 5 nitrogen and oxygen atoms in total. The second-order valence-corrected chi connectivity index (χ2v) is 4.09. The second-order valence-electron chi connectivity index (χ2n) is 3.73. The van der Waals surface area contributed by atoms with Gasteiger partial charge in [0.2, 0.25) is 0 Å². The van der Waals surface area contributed by atoms with Crippen molar-refractivity contribution in [2.24, 2.45) is 0 Å². The molecule has 94 valence electrons. The van der Waals surface area contributed by atoms with Gasteiger partial charge in [-0.2, -0.15) is 5.10 Å². The summed E-state index contributed by atoms with van der Waals surface area (Å²) in [6.07, 6.45) is 5.17. The fraction of sp³-hybridized carbons (Fsp3) is 0.250. The number of nitrogens with zero attached hydrogens (tertiary/aromatic N) is 3. The lowest BCUT2D eigenvalue weighted by Crippen LogP contribution is -2.23. The smallest absolute Gasteiger partial charge is 0.254 e. The van der Waals surface area contributed by atoms with Crippen LogP contribution in [0.25, 0.3) is 0 Å². The van der Waals surface area contributed by atoms with E-state index < -0.39 is 0 Å². The molecule has 1 N–H and O–H groups in total. The Bertz CT molecular complexity index is 553. The van der Waals surface area contributed by atoms with Crippen LogP contribution in [0, 0.1) is 0 Å². The highest BCUT2D eigenvalue weighted by molar-refractivity contribution is 6.32. The summed E-state index contributed by atoms with van der Waals surface area (Å²) in [6.45, 7) is 3.23. The molecule has 0 fully saturated rings. The summed E-state index contributed by atoms with van der Waals surface area (Å²) in [6, 6.07) is 3.32. The van der Waals surface area contributed by atoms with Gasteiger partial charge in [0.15, 0.2) is 0 Å². The molecule has 0 bridgehead atoms. The van der Waals surface area contributed by atoms with Gasteiger partial charge in [-0.3, -0.25) is 9.48 Å². The maximum Gasteiger partial charge on any atom is 0.254 e. The molecule has 0 saturated carbocycles. The van der Waals surface area contributed by atoms with E-state index in [1.165, 1.54) is 0 Å². The third-order valence-corrected chi connectivity index (χ3v) is 2.77. The topological polar surface area (TPSA) is 59.8 Å². The van der Waals surface area contributed by atoms with Gasteiger partial charge < -0.3 is 5.32 Å². The van der Waals surface area contributed by atoms with E-state index in [4.69, 9.17) is 11.6 Å². The van der Waals surface area contributed by atoms with Crippen molar-refractivity contribution in [1.82, 2.24) is 20.1 Å². The molecule has 2 aromatic rings. The number of amides is 1. The molecule has 2 heterocycles. The predicted molar refractivity (Wildman–Crippen MR) is 68.3 cm³/mol. The summed E-state index contributed by atoms with van der Waals surface area (Å²) >= 11 is 5.84. The molecule has 0 radical (unpaired) electrons. The van der Waals surface area contributed by atoms with Crippen LogP contribution in [-0.2, 0) is 13.1 Å². The largest absolute Gasteiger partial charge is 0.348 e. The number of carbonyl (C=O) groups is 1. The van der Waals surface area contributed by atoms with E-state index in [9.17, 15) is 4.79 Å². The molecule has 0 spiro atoms. The number of rotatable bonds is 4. The summed E-state index contributed by atoms with van der Waals surface area (Å²) in [7, 11) is 0. The van der Waals surface area contributed by atoms with Crippen molar-refractivity contribution < 1.29 is 4.79 Å². The van der Waals surface area contributed by atoms with E-state index in [-0.39, 0.29) is 11.1 Å². The Labute approximate surface area is 110 Å². The van der Waals surface area contributed by atoms with Gasteiger partial charge in [-0.25, -0.2) is 4.98 Å². The number of pyridine rings is 1. The molecule has 2 rings (SSSR count). The molecular weight excluding hydrogens is 252 g/mol. The zero-order valence-corrected chi connectivity index (χ0v) is 10.7. The first-order valence-corrected chi connectivity index (χ1v) is 5.98.